The largest absolute Gasteiger partial charge is 0.590 e. The van der Waals surface area contributed by atoms with Gasteiger partial charge in [-0.15, -0.1) is 0 Å². The van der Waals surface area contributed by atoms with Gasteiger partial charge < -0.3 is 4.89 Å². The molecule has 172 valence electrons. The van der Waals surface area contributed by atoms with Gasteiger partial charge in [-0.25, -0.2) is 0 Å². The van der Waals surface area contributed by atoms with Crippen LogP contribution in [0.15, 0.2) is 12.2 Å². The van der Waals surface area contributed by atoms with Crippen molar-refractivity contribution in [3.63, 3.8) is 0 Å². The van der Waals surface area contributed by atoms with Crippen molar-refractivity contribution in [2.45, 2.75) is 128 Å². The van der Waals surface area contributed by atoms with E-state index in [0.29, 0.717) is 10.9 Å². The third-order valence-electron chi connectivity index (χ3n) is 6.59. The SMILES string of the molecule is C/C=C\CCCCCCCCCCCCCCCCC(CC)([P+](=O)[O-])[N+](C)(C)C. The van der Waals surface area contributed by atoms with Crippen LogP contribution in [0.2, 0.25) is 0 Å². The summed E-state index contributed by atoms with van der Waals surface area (Å²) in [5, 5.41) is -0.595. The highest BCUT2D eigenvalue weighted by molar-refractivity contribution is 7.38. The van der Waals surface area contributed by atoms with Gasteiger partial charge in [-0.05, 0) is 26.2 Å². The monoisotopic (exact) mass is 428 g/mol. The maximum absolute atomic E-state index is 11.9. The molecule has 0 bridgehead atoms. The Morgan fingerprint density at radius 2 is 1.14 bits per heavy atom. The summed E-state index contributed by atoms with van der Waals surface area (Å²) in [5.41, 5.74) is 0. The Morgan fingerprint density at radius 1 is 0.759 bits per heavy atom. The van der Waals surface area contributed by atoms with Crippen LogP contribution in [0.3, 0.4) is 0 Å². The molecule has 0 saturated carbocycles. The first kappa shape index (κ1) is 28.8. The lowest BCUT2D eigenvalue weighted by Crippen LogP contribution is -2.55. The second-order valence-corrected chi connectivity index (χ2v) is 11.0. The van der Waals surface area contributed by atoms with Crippen LogP contribution in [0.1, 0.15) is 123 Å². The molecule has 0 saturated heterocycles. The zero-order valence-electron chi connectivity index (χ0n) is 20.4. The van der Waals surface area contributed by atoms with Crippen molar-refractivity contribution < 1.29 is 13.9 Å². The fraction of sp³-hybridized carbons (Fsp3) is 0.920. The van der Waals surface area contributed by atoms with Crippen LogP contribution in [-0.2, 0) is 4.57 Å². The minimum Gasteiger partial charge on any atom is -0.590 e. The van der Waals surface area contributed by atoms with Crippen LogP contribution in [0.4, 0.5) is 0 Å². The van der Waals surface area contributed by atoms with Gasteiger partial charge in [-0.3, -0.25) is 4.48 Å². The van der Waals surface area contributed by atoms with Crippen LogP contribution in [0, 0.1) is 0 Å². The van der Waals surface area contributed by atoms with Gasteiger partial charge in [0.1, 0.15) is 0 Å². The summed E-state index contributed by atoms with van der Waals surface area (Å²) in [6.45, 7) is 4.12. The lowest BCUT2D eigenvalue weighted by molar-refractivity contribution is -0.910. The van der Waals surface area contributed by atoms with Crippen molar-refractivity contribution in [2.24, 2.45) is 0 Å². The zero-order chi connectivity index (χ0) is 22.0. The molecular weight excluding hydrogens is 377 g/mol. The highest BCUT2D eigenvalue weighted by atomic mass is 31.1. The van der Waals surface area contributed by atoms with Gasteiger partial charge in [0.2, 0.25) is 0 Å². The van der Waals surface area contributed by atoms with E-state index in [1.54, 1.807) is 0 Å². The van der Waals surface area contributed by atoms with E-state index >= 15 is 0 Å². The van der Waals surface area contributed by atoms with Crippen molar-refractivity contribution >= 4 is 8.03 Å². The van der Waals surface area contributed by atoms with Crippen LogP contribution < -0.4 is 4.89 Å². The van der Waals surface area contributed by atoms with E-state index in [2.05, 4.69) is 19.1 Å². The van der Waals surface area contributed by atoms with Gasteiger partial charge in [-0.2, -0.15) is 0 Å². The molecule has 0 heterocycles. The molecule has 0 aromatic carbocycles. The van der Waals surface area contributed by atoms with Crippen molar-refractivity contribution in [1.29, 1.82) is 0 Å². The molecule has 0 amide bonds. The first-order chi connectivity index (χ1) is 13.8. The van der Waals surface area contributed by atoms with E-state index in [4.69, 9.17) is 0 Å². The molecule has 0 fully saturated rings. The molecule has 0 aliphatic heterocycles. The Labute approximate surface area is 183 Å². The molecule has 0 aromatic heterocycles. The highest BCUT2D eigenvalue weighted by Crippen LogP contribution is 2.44. The molecule has 0 N–H and O–H groups in total. The highest BCUT2D eigenvalue weighted by Gasteiger charge is 2.52. The van der Waals surface area contributed by atoms with Gasteiger partial charge in [0.05, 0.1) is 21.1 Å². The predicted molar refractivity (Wildman–Crippen MR) is 127 cm³/mol. The van der Waals surface area contributed by atoms with E-state index in [0.717, 1.165) is 12.8 Å². The molecule has 0 rings (SSSR count). The maximum Gasteiger partial charge on any atom is 0.376 e. The first-order valence-corrected chi connectivity index (χ1v) is 13.6. The van der Waals surface area contributed by atoms with Gasteiger partial charge >= 0.3 is 8.03 Å². The number of unbranched alkanes of at least 4 members (excludes halogenated alkanes) is 14. The summed E-state index contributed by atoms with van der Waals surface area (Å²) in [6.07, 6.45) is 25.8. The van der Waals surface area contributed by atoms with E-state index < -0.39 is 13.3 Å². The molecule has 0 radical (unpaired) electrons. The lowest BCUT2D eigenvalue weighted by Gasteiger charge is -2.39. The van der Waals surface area contributed by atoms with Gasteiger partial charge in [0.25, 0.3) is 5.28 Å². The molecule has 0 aliphatic carbocycles. The Hall–Kier alpha value is -0.240. The van der Waals surface area contributed by atoms with Crippen LogP contribution in [0.5, 0.6) is 0 Å². The summed E-state index contributed by atoms with van der Waals surface area (Å²) < 4.78 is 12.4. The van der Waals surface area contributed by atoms with Gasteiger partial charge in [-0.1, -0.05) is 101 Å². The number of nitrogens with zero attached hydrogens (tertiary/aromatic N) is 1. The molecule has 2 atom stereocenters. The molecule has 2 unspecified atom stereocenters. The fourth-order valence-electron chi connectivity index (χ4n) is 4.41. The van der Waals surface area contributed by atoms with Crippen LogP contribution in [0.25, 0.3) is 0 Å². The summed E-state index contributed by atoms with van der Waals surface area (Å²) >= 11 is 0. The van der Waals surface area contributed by atoms with Crippen molar-refractivity contribution in [3.8, 4) is 0 Å². The smallest absolute Gasteiger partial charge is 0.376 e. The van der Waals surface area contributed by atoms with Crippen molar-refractivity contribution in [3.05, 3.63) is 12.2 Å². The van der Waals surface area contributed by atoms with E-state index in [1.165, 1.54) is 89.9 Å². The third-order valence-corrected chi connectivity index (χ3v) is 8.41. The second-order valence-electron chi connectivity index (χ2n) is 9.66. The lowest BCUT2D eigenvalue weighted by atomic mass is 10.0. The molecule has 0 spiro atoms. The molecule has 3 nitrogen and oxygen atoms in total. The number of rotatable bonds is 20. The van der Waals surface area contributed by atoms with Gasteiger partial charge in [0.15, 0.2) is 0 Å². The van der Waals surface area contributed by atoms with Crippen molar-refractivity contribution in [2.75, 3.05) is 21.1 Å². The quantitative estimate of drug-likeness (QED) is 0.0861. The Morgan fingerprint density at radius 3 is 1.45 bits per heavy atom. The van der Waals surface area contributed by atoms with Crippen molar-refractivity contribution in [1.82, 2.24) is 0 Å². The fourth-order valence-corrected chi connectivity index (χ4v) is 5.50. The van der Waals surface area contributed by atoms with E-state index in [-0.39, 0.29) is 0 Å². The van der Waals surface area contributed by atoms with E-state index in [1.807, 2.05) is 28.1 Å². The summed E-state index contributed by atoms with van der Waals surface area (Å²) in [4.78, 5) is 11.9. The third kappa shape index (κ3) is 12.9. The van der Waals surface area contributed by atoms with Gasteiger partial charge in [0, 0.05) is 12.8 Å². The average molecular weight is 429 g/mol. The number of hydrogen-bond donors (Lipinski definition) is 0. The normalized spacial score (nSPS) is 15.0. The minimum atomic E-state index is -2.41. The summed E-state index contributed by atoms with van der Waals surface area (Å²) in [5.74, 6) is 0. The maximum atomic E-state index is 11.9. The molecule has 0 aliphatic rings. The zero-order valence-corrected chi connectivity index (χ0v) is 21.3. The average Bonchev–Trinajstić information content (AvgIpc) is 2.66. The Balaban J connectivity index is 3.55. The minimum absolute atomic E-state index is 0.512. The number of quaternary nitrogens is 1. The molecular formula is C25H51NO2P+. The number of allylic oxidation sites excluding steroid dienone is 2. The first-order valence-electron chi connectivity index (χ1n) is 12.4. The number of hydrogen-bond acceptors (Lipinski definition) is 2. The van der Waals surface area contributed by atoms with Crippen LogP contribution >= 0.6 is 8.03 Å². The topological polar surface area (TPSA) is 40.1 Å². The Kier molecular flexibility index (Phi) is 17.3. The summed E-state index contributed by atoms with van der Waals surface area (Å²) in [7, 11) is 3.63. The second kappa shape index (κ2) is 17.4. The molecule has 29 heavy (non-hydrogen) atoms. The van der Waals surface area contributed by atoms with E-state index in [9.17, 15) is 9.46 Å². The predicted octanol–water partition coefficient (Wildman–Crippen LogP) is 7.72. The Bertz CT molecular complexity index is 431. The molecule has 4 heteroatoms. The summed E-state index contributed by atoms with van der Waals surface area (Å²) in [6, 6.07) is 0. The molecule has 0 aromatic rings. The standard InChI is InChI=1S/C25H51NO2P/c1-6-8-9-10-11-12-13-14-15-16-17-18-19-20-21-22-23-24-25(7-2,29(27)28)26(3,4)5/h6,8H,7,9-24H2,1-5H3/q+1/b8-6-. The van der Waals surface area contributed by atoms with Crippen LogP contribution in [-0.4, -0.2) is 30.9 Å².